The van der Waals surface area contributed by atoms with Crippen LogP contribution in [0.2, 0.25) is 0 Å². The van der Waals surface area contributed by atoms with Gasteiger partial charge in [0.1, 0.15) is 5.82 Å². The summed E-state index contributed by atoms with van der Waals surface area (Å²) in [4.78, 5) is 8.89. The molecule has 0 unspecified atom stereocenters. The van der Waals surface area contributed by atoms with E-state index in [0.717, 1.165) is 44.0 Å². The van der Waals surface area contributed by atoms with E-state index in [-0.39, 0.29) is 0 Å². The van der Waals surface area contributed by atoms with Crippen molar-refractivity contribution in [1.82, 2.24) is 20.2 Å². The number of H-pyrrole nitrogens is 1. The van der Waals surface area contributed by atoms with Crippen LogP contribution in [0.4, 0.5) is 11.8 Å². The van der Waals surface area contributed by atoms with Crippen LogP contribution in [-0.4, -0.2) is 44.0 Å². The Hall–Kier alpha value is -1.89. The number of nitrogens with one attached hydrogen (secondary N) is 3. The minimum absolute atomic E-state index is 0.511. The Morgan fingerprint density at radius 2 is 2.10 bits per heavy atom. The SMILES string of the molecule is CCCNc1nc(NCC2(O)CCCC2)c2cn[nH]c2n1. The molecule has 2 aromatic heterocycles. The minimum Gasteiger partial charge on any atom is -0.388 e. The smallest absolute Gasteiger partial charge is 0.226 e. The zero-order valence-corrected chi connectivity index (χ0v) is 12.3. The predicted octanol–water partition coefficient (Wildman–Crippen LogP) is 1.89. The van der Waals surface area contributed by atoms with Crippen LogP contribution in [0.5, 0.6) is 0 Å². The first kappa shape index (κ1) is 14.1. The van der Waals surface area contributed by atoms with Gasteiger partial charge in [-0.05, 0) is 19.3 Å². The van der Waals surface area contributed by atoms with Gasteiger partial charge in [-0.15, -0.1) is 0 Å². The van der Waals surface area contributed by atoms with Crippen LogP contribution in [0, 0.1) is 0 Å². The van der Waals surface area contributed by atoms with Crippen LogP contribution in [-0.2, 0) is 0 Å². The van der Waals surface area contributed by atoms with E-state index in [9.17, 15) is 5.11 Å². The lowest BCUT2D eigenvalue weighted by Crippen LogP contribution is -2.33. The van der Waals surface area contributed by atoms with Crippen LogP contribution in [0.25, 0.3) is 11.0 Å². The summed E-state index contributed by atoms with van der Waals surface area (Å²) in [5, 5.41) is 24.6. The Kier molecular flexibility index (Phi) is 3.92. The van der Waals surface area contributed by atoms with Gasteiger partial charge in [-0.1, -0.05) is 19.8 Å². The van der Waals surface area contributed by atoms with Gasteiger partial charge in [0, 0.05) is 13.1 Å². The molecule has 0 spiro atoms. The molecule has 0 bridgehead atoms. The second-order valence-electron chi connectivity index (χ2n) is 5.74. The van der Waals surface area contributed by atoms with E-state index in [1.165, 1.54) is 0 Å². The summed E-state index contributed by atoms with van der Waals surface area (Å²) < 4.78 is 0. The third kappa shape index (κ3) is 3.07. The van der Waals surface area contributed by atoms with Crippen molar-refractivity contribution in [2.24, 2.45) is 0 Å². The van der Waals surface area contributed by atoms with Crippen LogP contribution in [0.3, 0.4) is 0 Å². The molecule has 4 N–H and O–H groups in total. The van der Waals surface area contributed by atoms with Gasteiger partial charge in [0.25, 0.3) is 0 Å². The number of hydrogen-bond donors (Lipinski definition) is 4. The highest BCUT2D eigenvalue weighted by atomic mass is 16.3. The average molecular weight is 290 g/mol. The molecule has 0 aliphatic heterocycles. The van der Waals surface area contributed by atoms with Crippen molar-refractivity contribution in [2.45, 2.75) is 44.6 Å². The molecule has 0 amide bonds. The summed E-state index contributed by atoms with van der Waals surface area (Å²) in [6.45, 7) is 3.43. The lowest BCUT2D eigenvalue weighted by molar-refractivity contribution is 0.0614. The highest BCUT2D eigenvalue weighted by Crippen LogP contribution is 2.30. The summed E-state index contributed by atoms with van der Waals surface area (Å²) in [5.74, 6) is 1.29. The molecule has 0 atom stereocenters. The number of hydrogen-bond acceptors (Lipinski definition) is 6. The Bertz CT molecular complexity index is 605. The molecule has 1 aliphatic carbocycles. The first-order valence-electron chi connectivity index (χ1n) is 7.61. The fourth-order valence-electron chi connectivity index (χ4n) is 2.74. The number of aromatic nitrogens is 4. The van der Waals surface area contributed by atoms with Crippen molar-refractivity contribution in [1.29, 1.82) is 0 Å². The van der Waals surface area contributed by atoms with Crippen LogP contribution in [0.1, 0.15) is 39.0 Å². The molecule has 0 radical (unpaired) electrons. The van der Waals surface area contributed by atoms with Gasteiger partial charge in [0.15, 0.2) is 5.65 Å². The molecule has 3 rings (SSSR count). The summed E-state index contributed by atoms with van der Waals surface area (Å²) in [6, 6.07) is 0. The molecule has 2 aromatic rings. The van der Waals surface area contributed by atoms with E-state index in [4.69, 9.17) is 0 Å². The maximum atomic E-state index is 10.4. The lowest BCUT2D eigenvalue weighted by Gasteiger charge is -2.22. The maximum absolute atomic E-state index is 10.4. The van der Waals surface area contributed by atoms with E-state index >= 15 is 0 Å². The molecule has 0 aromatic carbocycles. The van der Waals surface area contributed by atoms with Crippen molar-refractivity contribution in [3.63, 3.8) is 0 Å². The average Bonchev–Trinajstić information content (AvgIpc) is 3.12. The van der Waals surface area contributed by atoms with Crippen molar-refractivity contribution >= 4 is 22.8 Å². The molecule has 21 heavy (non-hydrogen) atoms. The van der Waals surface area contributed by atoms with Crippen molar-refractivity contribution < 1.29 is 5.11 Å². The standard InChI is InChI=1S/C14H22N6O/c1-2-7-15-13-18-11(10-8-17-20-12(10)19-13)16-9-14(21)5-3-4-6-14/h8,21H,2-7,9H2,1H3,(H3,15,16,17,18,19,20). The second kappa shape index (κ2) is 5.85. The Labute approximate surface area is 123 Å². The largest absolute Gasteiger partial charge is 0.388 e. The van der Waals surface area contributed by atoms with Gasteiger partial charge in [-0.3, -0.25) is 5.10 Å². The molecular weight excluding hydrogens is 268 g/mol. The molecule has 2 heterocycles. The monoisotopic (exact) mass is 290 g/mol. The fraction of sp³-hybridized carbons (Fsp3) is 0.643. The number of nitrogens with zero attached hydrogens (tertiary/aromatic N) is 3. The van der Waals surface area contributed by atoms with Crippen LogP contribution < -0.4 is 10.6 Å². The molecule has 1 saturated carbocycles. The topological polar surface area (TPSA) is 98.8 Å². The summed E-state index contributed by atoms with van der Waals surface area (Å²) in [6.07, 6.45) is 6.59. The fourth-order valence-corrected chi connectivity index (χ4v) is 2.74. The Morgan fingerprint density at radius 3 is 2.86 bits per heavy atom. The van der Waals surface area contributed by atoms with Gasteiger partial charge in [0.2, 0.25) is 5.95 Å². The molecule has 7 nitrogen and oxygen atoms in total. The number of anilines is 2. The third-order valence-corrected chi connectivity index (χ3v) is 3.96. The molecule has 1 fully saturated rings. The van der Waals surface area contributed by atoms with Gasteiger partial charge in [-0.25, -0.2) is 0 Å². The van der Waals surface area contributed by atoms with E-state index in [1.54, 1.807) is 6.20 Å². The summed E-state index contributed by atoms with van der Waals surface area (Å²) in [7, 11) is 0. The second-order valence-corrected chi connectivity index (χ2v) is 5.74. The maximum Gasteiger partial charge on any atom is 0.226 e. The minimum atomic E-state index is -0.613. The Balaban J connectivity index is 1.80. The molecule has 114 valence electrons. The first-order valence-corrected chi connectivity index (χ1v) is 7.61. The van der Waals surface area contributed by atoms with Gasteiger partial charge in [0.05, 0.1) is 17.2 Å². The third-order valence-electron chi connectivity index (χ3n) is 3.96. The number of aliphatic hydroxyl groups is 1. The van der Waals surface area contributed by atoms with Crippen molar-refractivity contribution in [3.05, 3.63) is 6.20 Å². The summed E-state index contributed by atoms with van der Waals surface area (Å²) in [5.41, 5.74) is 0.0855. The van der Waals surface area contributed by atoms with E-state index in [1.807, 2.05) is 0 Å². The lowest BCUT2D eigenvalue weighted by atomic mass is 10.0. The Morgan fingerprint density at radius 1 is 1.29 bits per heavy atom. The van der Waals surface area contributed by atoms with Crippen molar-refractivity contribution in [2.75, 3.05) is 23.7 Å². The highest BCUT2D eigenvalue weighted by molar-refractivity contribution is 5.86. The molecular formula is C14H22N6O. The van der Waals surface area contributed by atoms with E-state index in [0.29, 0.717) is 24.0 Å². The van der Waals surface area contributed by atoms with Gasteiger partial charge < -0.3 is 15.7 Å². The van der Waals surface area contributed by atoms with E-state index < -0.39 is 5.60 Å². The first-order chi connectivity index (χ1) is 10.2. The zero-order valence-electron chi connectivity index (χ0n) is 12.3. The number of rotatable bonds is 6. The number of fused-ring (bicyclic) bond motifs is 1. The molecule has 0 saturated heterocycles. The summed E-state index contributed by atoms with van der Waals surface area (Å²) >= 11 is 0. The van der Waals surface area contributed by atoms with Crippen LogP contribution in [0.15, 0.2) is 6.20 Å². The number of aromatic amines is 1. The predicted molar refractivity (Wildman–Crippen MR) is 82.4 cm³/mol. The van der Waals surface area contributed by atoms with Gasteiger partial charge in [-0.2, -0.15) is 15.1 Å². The highest BCUT2D eigenvalue weighted by Gasteiger charge is 2.31. The van der Waals surface area contributed by atoms with E-state index in [2.05, 4.69) is 37.7 Å². The molecule has 1 aliphatic rings. The normalized spacial score (nSPS) is 17.2. The quantitative estimate of drug-likeness (QED) is 0.648. The zero-order chi connectivity index (χ0) is 14.7. The van der Waals surface area contributed by atoms with Crippen LogP contribution >= 0.6 is 0 Å². The van der Waals surface area contributed by atoms with Gasteiger partial charge >= 0.3 is 0 Å². The molecule has 7 heteroatoms. The van der Waals surface area contributed by atoms with Crippen molar-refractivity contribution in [3.8, 4) is 0 Å².